The molecule has 3 fully saturated rings. The Morgan fingerprint density at radius 2 is 2.22 bits per heavy atom. The summed E-state index contributed by atoms with van der Waals surface area (Å²) in [6, 6.07) is 0.647. The maximum absolute atomic E-state index is 8.85. The number of nitrogens with one attached hydrogen (secondary N) is 1. The lowest BCUT2D eigenvalue weighted by atomic mass is 9.84. The number of aliphatic hydroxyl groups is 1. The normalized spacial score (nSPS) is 30.8. The van der Waals surface area contributed by atoms with Crippen LogP contribution in [0.2, 0.25) is 0 Å². The highest BCUT2D eigenvalue weighted by Gasteiger charge is 2.33. The molecule has 0 radical (unpaired) electrons. The second-order valence-electron chi connectivity index (χ2n) is 5.46. The average Bonchev–Trinajstić information content (AvgIpc) is 2.86. The van der Waals surface area contributed by atoms with Crippen LogP contribution >= 0.6 is 0 Å². The minimum Gasteiger partial charge on any atom is -0.394 e. The van der Waals surface area contributed by atoms with E-state index < -0.39 is 0 Å². The van der Waals surface area contributed by atoms with E-state index in [2.05, 4.69) is 15.3 Å². The van der Waals surface area contributed by atoms with E-state index in [-0.39, 0.29) is 6.61 Å². The Kier molecular flexibility index (Phi) is 3.63. The molecule has 3 aliphatic rings. The van der Waals surface area contributed by atoms with Gasteiger partial charge in [-0.05, 0) is 31.8 Å². The molecule has 3 saturated heterocycles. The lowest BCUT2D eigenvalue weighted by Crippen LogP contribution is -2.55. The molecule has 5 heteroatoms. The van der Waals surface area contributed by atoms with Gasteiger partial charge in [-0.1, -0.05) is 0 Å². The fourth-order valence-electron chi connectivity index (χ4n) is 3.17. The lowest BCUT2D eigenvalue weighted by Gasteiger charge is -2.45. The summed E-state index contributed by atoms with van der Waals surface area (Å²) in [6.07, 6.45) is 6.61. The Labute approximate surface area is 108 Å². The van der Waals surface area contributed by atoms with Gasteiger partial charge in [-0.3, -0.25) is 4.68 Å². The Morgan fingerprint density at radius 1 is 1.39 bits per heavy atom. The van der Waals surface area contributed by atoms with Gasteiger partial charge in [-0.15, -0.1) is 0 Å². The van der Waals surface area contributed by atoms with Gasteiger partial charge in [0.2, 0.25) is 0 Å². The largest absolute Gasteiger partial charge is 0.394 e. The summed E-state index contributed by atoms with van der Waals surface area (Å²) in [6.45, 7) is 5.40. The molecule has 18 heavy (non-hydrogen) atoms. The first-order valence-electron chi connectivity index (χ1n) is 6.93. The average molecular weight is 250 g/mol. The van der Waals surface area contributed by atoms with E-state index >= 15 is 0 Å². The first-order valence-corrected chi connectivity index (χ1v) is 6.93. The minimum absolute atomic E-state index is 0.147. The van der Waals surface area contributed by atoms with Gasteiger partial charge in [0.25, 0.3) is 0 Å². The van der Waals surface area contributed by atoms with Gasteiger partial charge in [0.05, 0.1) is 19.3 Å². The van der Waals surface area contributed by atoms with Crippen LogP contribution in [0.15, 0.2) is 12.4 Å². The van der Waals surface area contributed by atoms with Crippen LogP contribution in [-0.2, 0) is 13.1 Å². The van der Waals surface area contributed by atoms with Crippen LogP contribution in [0, 0.1) is 5.92 Å². The highest BCUT2D eigenvalue weighted by Crippen LogP contribution is 2.27. The summed E-state index contributed by atoms with van der Waals surface area (Å²) in [4.78, 5) is 2.56. The molecule has 2 N–H and O–H groups in total. The standard InChI is InChI=1S/C13H22N4O/c18-6-5-17-9-11(8-15-17)7-14-13-10-16-3-1-12(13)2-4-16/h8-9,12-14,18H,1-7,10H2. The van der Waals surface area contributed by atoms with Gasteiger partial charge in [-0.2, -0.15) is 5.10 Å². The van der Waals surface area contributed by atoms with Crippen molar-refractivity contribution in [3.8, 4) is 0 Å². The topological polar surface area (TPSA) is 53.3 Å². The molecule has 4 rings (SSSR count). The molecule has 100 valence electrons. The highest BCUT2D eigenvalue weighted by molar-refractivity contribution is 5.04. The first-order chi connectivity index (χ1) is 8.85. The van der Waals surface area contributed by atoms with Crippen molar-refractivity contribution in [1.82, 2.24) is 20.0 Å². The maximum atomic E-state index is 8.85. The summed E-state index contributed by atoms with van der Waals surface area (Å²) in [5, 5.41) is 16.7. The molecule has 0 amide bonds. The molecule has 3 aliphatic heterocycles. The Balaban J connectivity index is 1.51. The van der Waals surface area contributed by atoms with E-state index in [0.717, 1.165) is 12.5 Å². The molecular weight excluding hydrogens is 228 g/mol. The van der Waals surface area contributed by atoms with Crippen molar-refractivity contribution in [3.63, 3.8) is 0 Å². The van der Waals surface area contributed by atoms with E-state index in [0.29, 0.717) is 12.6 Å². The molecular formula is C13H22N4O. The summed E-state index contributed by atoms with van der Waals surface area (Å²) in [5.74, 6) is 0.863. The van der Waals surface area contributed by atoms with Crippen molar-refractivity contribution in [2.75, 3.05) is 26.2 Å². The number of hydrogen-bond donors (Lipinski definition) is 2. The predicted octanol–water partition coefficient (Wildman–Crippen LogP) is 0.0592. The molecule has 0 aromatic carbocycles. The third-order valence-electron chi connectivity index (χ3n) is 4.24. The van der Waals surface area contributed by atoms with Crippen LogP contribution < -0.4 is 5.32 Å². The number of nitrogens with zero attached hydrogens (tertiary/aromatic N) is 3. The van der Waals surface area contributed by atoms with E-state index in [1.54, 1.807) is 4.68 Å². The zero-order chi connectivity index (χ0) is 12.4. The van der Waals surface area contributed by atoms with Crippen molar-refractivity contribution in [3.05, 3.63) is 18.0 Å². The van der Waals surface area contributed by atoms with Crippen molar-refractivity contribution >= 4 is 0 Å². The van der Waals surface area contributed by atoms with Gasteiger partial charge in [0.1, 0.15) is 0 Å². The number of fused-ring (bicyclic) bond motifs is 3. The van der Waals surface area contributed by atoms with Crippen molar-refractivity contribution in [2.45, 2.75) is 32.0 Å². The first kappa shape index (κ1) is 12.1. The summed E-state index contributed by atoms with van der Waals surface area (Å²) < 4.78 is 1.80. The molecule has 0 spiro atoms. The molecule has 0 aliphatic carbocycles. The second-order valence-corrected chi connectivity index (χ2v) is 5.46. The third kappa shape index (κ3) is 2.58. The van der Waals surface area contributed by atoms with Crippen LogP contribution in [0.3, 0.4) is 0 Å². The quantitative estimate of drug-likeness (QED) is 0.776. The fourth-order valence-corrected chi connectivity index (χ4v) is 3.17. The number of aromatic nitrogens is 2. The van der Waals surface area contributed by atoms with Crippen molar-refractivity contribution in [1.29, 1.82) is 0 Å². The highest BCUT2D eigenvalue weighted by atomic mass is 16.3. The zero-order valence-corrected chi connectivity index (χ0v) is 10.8. The van der Waals surface area contributed by atoms with Crippen LogP contribution in [-0.4, -0.2) is 52.1 Å². The molecule has 5 nitrogen and oxygen atoms in total. The van der Waals surface area contributed by atoms with Crippen LogP contribution in [0.5, 0.6) is 0 Å². The number of piperidine rings is 3. The Hall–Kier alpha value is -0.910. The molecule has 1 unspecified atom stereocenters. The maximum Gasteiger partial charge on any atom is 0.0640 e. The second kappa shape index (κ2) is 5.38. The van der Waals surface area contributed by atoms with E-state index in [4.69, 9.17) is 5.11 Å². The van der Waals surface area contributed by atoms with Gasteiger partial charge >= 0.3 is 0 Å². The molecule has 1 aromatic rings. The minimum atomic E-state index is 0.147. The fraction of sp³-hybridized carbons (Fsp3) is 0.769. The third-order valence-corrected chi connectivity index (χ3v) is 4.24. The number of hydrogen-bond acceptors (Lipinski definition) is 4. The van der Waals surface area contributed by atoms with E-state index in [1.165, 1.54) is 38.0 Å². The summed E-state index contributed by atoms with van der Waals surface area (Å²) in [7, 11) is 0. The monoisotopic (exact) mass is 250 g/mol. The predicted molar refractivity (Wildman–Crippen MR) is 69.1 cm³/mol. The lowest BCUT2D eigenvalue weighted by molar-refractivity contribution is 0.0720. The van der Waals surface area contributed by atoms with Crippen molar-refractivity contribution < 1.29 is 5.11 Å². The molecule has 2 bridgehead atoms. The van der Waals surface area contributed by atoms with E-state index in [1.807, 2.05) is 12.4 Å². The Bertz CT molecular complexity index is 384. The molecule has 1 atom stereocenters. The van der Waals surface area contributed by atoms with Gasteiger partial charge in [0.15, 0.2) is 0 Å². The zero-order valence-electron chi connectivity index (χ0n) is 10.8. The van der Waals surface area contributed by atoms with Crippen LogP contribution in [0.25, 0.3) is 0 Å². The molecule has 1 aromatic heterocycles. The SMILES string of the molecule is OCCn1cc(CNC2CN3CCC2CC3)cn1. The van der Waals surface area contributed by atoms with Crippen molar-refractivity contribution in [2.24, 2.45) is 5.92 Å². The molecule has 4 heterocycles. The van der Waals surface area contributed by atoms with Crippen LogP contribution in [0.4, 0.5) is 0 Å². The van der Waals surface area contributed by atoms with Gasteiger partial charge < -0.3 is 15.3 Å². The Morgan fingerprint density at radius 3 is 2.89 bits per heavy atom. The number of rotatable bonds is 5. The van der Waals surface area contributed by atoms with Gasteiger partial charge in [-0.25, -0.2) is 0 Å². The van der Waals surface area contributed by atoms with Gasteiger partial charge in [0, 0.05) is 30.9 Å². The summed E-state index contributed by atoms with van der Waals surface area (Å²) in [5.41, 5.74) is 1.21. The van der Waals surface area contributed by atoms with E-state index in [9.17, 15) is 0 Å². The smallest absolute Gasteiger partial charge is 0.0640 e. The number of aliphatic hydroxyl groups excluding tert-OH is 1. The molecule has 0 saturated carbocycles. The summed E-state index contributed by atoms with van der Waals surface area (Å²) >= 11 is 0. The van der Waals surface area contributed by atoms with Crippen LogP contribution in [0.1, 0.15) is 18.4 Å².